The van der Waals surface area contributed by atoms with Crippen molar-refractivity contribution in [2.24, 2.45) is 0 Å². The number of quaternary nitrogens is 1. The van der Waals surface area contributed by atoms with Gasteiger partial charge in [-0.15, -0.1) is 11.3 Å². The van der Waals surface area contributed by atoms with E-state index in [9.17, 15) is 14.4 Å². The molecule has 3 rings (SSSR count). The normalized spacial score (nSPS) is 17.4. The van der Waals surface area contributed by atoms with Crippen LogP contribution in [-0.2, 0) is 20.9 Å². The number of rotatable bonds is 5. The van der Waals surface area contributed by atoms with Gasteiger partial charge in [-0.1, -0.05) is 6.07 Å². The van der Waals surface area contributed by atoms with Crippen LogP contribution in [0.15, 0.2) is 41.8 Å². The van der Waals surface area contributed by atoms with Crippen LogP contribution in [0.2, 0.25) is 0 Å². The highest BCUT2D eigenvalue weighted by molar-refractivity contribution is 7.09. The molecular weight excluding hydrogens is 328 g/mol. The fourth-order valence-corrected chi connectivity index (χ4v) is 3.34. The second-order valence-corrected chi connectivity index (χ2v) is 6.47. The van der Waals surface area contributed by atoms with E-state index in [-0.39, 0.29) is 18.2 Å². The van der Waals surface area contributed by atoms with Gasteiger partial charge in [-0.05, 0) is 35.7 Å². The highest BCUT2D eigenvalue weighted by Gasteiger charge is 2.42. The summed E-state index contributed by atoms with van der Waals surface area (Å²) in [4.78, 5) is 38.6. The SMILES string of the molecule is COC(=O)c1ccc(N2C(=O)CC([NH2+]Cc3cccs3)C2=O)cc1. The minimum atomic E-state index is -0.456. The van der Waals surface area contributed by atoms with Gasteiger partial charge in [0.2, 0.25) is 5.91 Å². The van der Waals surface area contributed by atoms with Crippen molar-refractivity contribution >= 4 is 34.8 Å². The Morgan fingerprint density at radius 2 is 2.04 bits per heavy atom. The number of thiophene rings is 1. The number of hydrogen-bond donors (Lipinski definition) is 1. The van der Waals surface area contributed by atoms with Crippen molar-refractivity contribution in [3.8, 4) is 0 Å². The molecule has 2 amide bonds. The van der Waals surface area contributed by atoms with E-state index in [4.69, 9.17) is 0 Å². The number of carbonyl (C=O) groups is 3. The van der Waals surface area contributed by atoms with E-state index in [2.05, 4.69) is 4.74 Å². The van der Waals surface area contributed by atoms with Gasteiger partial charge in [0.15, 0.2) is 6.04 Å². The van der Waals surface area contributed by atoms with Gasteiger partial charge in [-0.3, -0.25) is 9.59 Å². The number of nitrogens with zero attached hydrogens (tertiary/aromatic N) is 1. The number of amides is 2. The number of anilines is 1. The van der Waals surface area contributed by atoms with Crippen molar-refractivity contribution in [2.75, 3.05) is 12.0 Å². The van der Waals surface area contributed by atoms with Crippen LogP contribution in [-0.4, -0.2) is 30.9 Å². The summed E-state index contributed by atoms with van der Waals surface area (Å²) in [5, 5.41) is 3.88. The number of benzene rings is 1. The van der Waals surface area contributed by atoms with Crippen molar-refractivity contribution in [1.82, 2.24) is 0 Å². The van der Waals surface area contributed by atoms with Crippen molar-refractivity contribution in [1.29, 1.82) is 0 Å². The molecule has 1 atom stereocenters. The molecule has 0 radical (unpaired) electrons. The molecule has 2 N–H and O–H groups in total. The zero-order chi connectivity index (χ0) is 17.1. The topological polar surface area (TPSA) is 80.3 Å². The summed E-state index contributed by atoms with van der Waals surface area (Å²) in [6.07, 6.45) is 0.183. The van der Waals surface area contributed by atoms with Gasteiger partial charge in [0, 0.05) is 0 Å². The number of methoxy groups -OCH3 is 1. The third kappa shape index (κ3) is 3.22. The third-order valence-electron chi connectivity index (χ3n) is 3.91. The molecule has 0 bridgehead atoms. The van der Waals surface area contributed by atoms with E-state index >= 15 is 0 Å². The van der Waals surface area contributed by atoms with Gasteiger partial charge < -0.3 is 10.1 Å². The van der Waals surface area contributed by atoms with Crippen LogP contribution in [0.3, 0.4) is 0 Å². The number of imide groups is 1. The molecule has 0 saturated carbocycles. The van der Waals surface area contributed by atoms with E-state index in [1.807, 2.05) is 22.8 Å². The summed E-state index contributed by atoms with van der Waals surface area (Å²) in [6, 6.07) is 9.83. The second kappa shape index (κ2) is 6.94. The number of esters is 1. The number of hydrogen-bond acceptors (Lipinski definition) is 5. The molecule has 124 valence electrons. The Labute approximate surface area is 143 Å². The van der Waals surface area contributed by atoms with E-state index in [1.165, 1.54) is 12.0 Å². The third-order valence-corrected chi connectivity index (χ3v) is 4.81. The molecule has 1 aliphatic heterocycles. The largest absolute Gasteiger partial charge is 0.465 e. The lowest BCUT2D eigenvalue weighted by Crippen LogP contribution is -2.90. The van der Waals surface area contributed by atoms with Crippen molar-refractivity contribution in [3.63, 3.8) is 0 Å². The van der Waals surface area contributed by atoms with Gasteiger partial charge in [0.05, 0.1) is 29.7 Å². The van der Waals surface area contributed by atoms with Crippen LogP contribution in [0.1, 0.15) is 21.7 Å². The smallest absolute Gasteiger partial charge is 0.337 e. The molecule has 1 saturated heterocycles. The second-order valence-electron chi connectivity index (χ2n) is 5.44. The molecule has 24 heavy (non-hydrogen) atoms. The molecule has 7 heteroatoms. The first kappa shape index (κ1) is 16.4. The summed E-state index contributed by atoms with van der Waals surface area (Å²) in [6.45, 7) is 0.677. The quantitative estimate of drug-likeness (QED) is 0.646. The van der Waals surface area contributed by atoms with Crippen molar-refractivity contribution < 1.29 is 24.4 Å². The average molecular weight is 345 g/mol. The molecule has 1 aromatic carbocycles. The fourth-order valence-electron chi connectivity index (χ4n) is 2.66. The summed E-state index contributed by atoms with van der Waals surface area (Å²) in [5.74, 6) is -0.900. The Bertz CT molecular complexity index is 755. The first-order valence-corrected chi connectivity index (χ1v) is 8.39. The zero-order valence-corrected chi connectivity index (χ0v) is 13.9. The average Bonchev–Trinajstić information content (AvgIpc) is 3.20. The molecule has 2 heterocycles. The Morgan fingerprint density at radius 1 is 1.29 bits per heavy atom. The van der Waals surface area contributed by atoms with Crippen LogP contribution < -0.4 is 10.2 Å². The Morgan fingerprint density at radius 3 is 2.67 bits per heavy atom. The molecule has 0 spiro atoms. The number of carbonyl (C=O) groups excluding carboxylic acids is 3. The van der Waals surface area contributed by atoms with Gasteiger partial charge in [0.1, 0.15) is 6.54 Å². The Kier molecular flexibility index (Phi) is 4.73. The highest BCUT2D eigenvalue weighted by Crippen LogP contribution is 2.22. The fraction of sp³-hybridized carbons (Fsp3) is 0.235. The maximum atomic E-state index is 12.5. The lowest BCUT2D eigenvalue weighted by Gasteiger charge is -2.14. The van der Waals surface area contributed by atoms with Crippen molar-refractivity contribution in [3.05, 3.63) is 52.2 Å². The molecule has 1 aliphatic rings. The minimum absolute atomic E-state index is 0.183. The van der Waals surface area contributed by atoms with Crippen LogP contribution in [0.5, 0.6) is 0 Å². The predicted octanol–water partition coefficient (Wildman–Crippen LogP) is 0.930. The van der Waals surface area contributed by atoms with Crippen molar-refractivity contribution in [2.45, 2.75) is 19.0 Å². The zero-order valence-electron chi connectivity index (χ0n) is 13.1. The van der Waals surface area contributed by atoms with E-state index < -0.39 is 12.0 Å². The first-order valence-electron chi connectivity index (χ1n) is 7.51. The van der Waals surface area contributed by atoms with Gasteiger partial charge in [-0.25, -0.2) is 9.69 Å². The lowest BCUT2D eigenvalue weighted by molar-refractivity contribution is -0.689. The maximum absolute atomic E-state index is 12.5. The summed E-state index contributed by atoms with van der Waals surface area (Å²) in [7, 11) is 1.30. The molecular formula is C17H17N2O4S+. The van der Waals surface area contributed by atoms with Crippen LogP contribution >= 0.6 is 11.3 Å². The van der Waals surface area contributed by atoms with Crippen LogP contribution in [0.4, 0.5) is 5.69 Å². The molecule has 1 aromatic heterocycles. The first-order chi connectivity index (χ1) is 11.6. The molecule has 1 fully saturated rings. The summed E-state index contributed by atoms with van der Waals surface area (Å²) >= 11 is 1.63. The predicted molar refractivity (Wildman–Crippen MR) is 88.6 cm³/mol. The standard InChI is InChI=1S/C17H16N2O4S/c1-23-17(22)11-4-6-12(7-5-11)19-15(20)9-14(16(19)21)18-10-13-3-2-8-24-13/h2-8,14,18H,9-10H2,1H3/p+1. The minimum Gasteiger partial charge on any atom is -0.465 e. The van der Waals surface area contributed by atoms with E-state index in [0.29, 0.717) is 17.8 Å². The highest BCUT2D eigenvalue weighted by atomic mass is 32.1. The number of ether oxygens (including phenoxy) is 1. The summed E-state index contributed by atoms with van der Waals surface area (Å²) < 4.78 is 4.64. The molecule has 0 aliphatic carbocycles. The molecule has 6 nitrogen and oxygen atoms in total. The van der Waals surface area contributed by atoms with Gasteiger partial charge in [0.25, 0.3) is 5.91 Å². The van der Waals surface area contributed by atoms with Gasteiger partial charge >= 0.3 is 5.97 Å². The van der Waals surface area contributed by atoms with Gasteiger partial charge in [-0.2, -0.15) is 0 Å². The Balaban J connectivity index is 1.70. The maximum Gasteiger partial charge on any atom is 0.337 e. The van der Waals surface area contributed by atoms with Crippen LogP contribution in [0.25, 0.3) is 0 Å². The number of nitrogens with two attached hydrogens (primary N) is 1. The summed E-state index contributed by atoms with van der Waals surface area (Å²) in [5.41, 5.74) is 0.853. The van der Waals surface area contributed by atoms with Crippen LogP contribution in [0, 0.1) is 0 Å². The molecule has 1 unspecified atom stereocenters. The lowest BCUT2D eigenvalue weighted by atomic mass is 10.2. The molecule has 2 aromatic rings. The monoisotopic (exact) mass is 345 g/mol. The Hall–Kier alpha value is -2.51. The van der Waals surface area contributed by atoms with E-state index in [1.54, 1.807) is 35.6 Å². The van der Waals surface area contributed by atoms with E-state index in [0.717, 1.165) is 4.88 Å².